The molecule has 0 saturated carbocycles. The Bertz CT molecular complexity index is 414. The Hall–Kier alpha value is -1.22. The van der Waals surface area contributed by atoms with Crippen molar-refractivity contribution in [1.29, 1.82) is 0 Å². The maximum absolute atomic E-state index is 5.75. The quantitative estimate of drug-likeness (QED) is 0.811. The SMILES string of the molecule is CCN1CC[C@]2(CCN(c3ccc(N)cc3)C2)C1. The summed E-state index contributed by atoms with van der Waals surface area (Å²) in [6.07, 6.45) is 2.71. The zero-order valence-corrected chi connectivity index (χ0v) is 11.2. The molecule has 0 radical (unpaired) electrons. The molecular weight excluding hydrogens is 222 g/mol. The molecule has 2 aliphatic heterocycles. The molecule has 3 nitrogen and oxygen atoms in total. The zero-order valence-electron chi connectivity index (χ0n) is 11.2. The van der Waals surface area contributed by atoms with Crippen molar-refractivity contribution < 1.29 is 0 Å². The van der Waals surface area contributed by atoms with Crippen LogP contribution in [-0.2, 0) is 0 Å². The normalized spacial score (nSPS) is 28.4. The van der Waals surface area contributed by atoms with Crippen LogP contribution in [0.3, 0.4) is 0 Å². The average Bonchev–Trinajstić information content (AvgIpc) is 2.98. The zero-order chi connectivity index (χ0) is 12.6. The summed E-state index contributed by atoms with van der Waals surface area (Å²) in [5.74, 6) is 0. The van der Waals surface area contributed by atoms with Crippen LogP contribution in [-0.4, -0.2) is 37.6 Å². The van der Waals surface area contributed by atoms with Gasteiger partial charge in [0.2, 0.25) is 0 Å². The molecule has 1 aromatic rings. The molecular formula is C15H23N3. The maximum Gasteiger partial charge on any atom is 0.0367 e. The Morgan fingerprint density at radius 1 is 1.11 bits per heavy atom. The van der Waals surface area contributed by atoms with E-state index in [2.05, 4.69) is 28.9 Å². The summed E-state index contributed by atoms with van der Waals surface area (Å²) in [4.78, 5) is 5.12. The molecule has 1 aromatic carbocycles. The van der Waals surface area contributed by atoms with E-state index in [-0.39, 0.29) is 0 Å². The van der Waals surface area contributed by atoms with Gasteiger partial charge in [-0.15, -0.1) is 0 Å². The van der Waals surface area contributed by atoms with E-state index in [1.165, 1.54) is 51.3 Å². The third kappa shape index (κ3) is 2.07. The van der Waals surface area contributed by atoms with Crippen molar-refractivity contribution in [3.63, 3.8) is 0 Å². The van der Waals surface area contributed by atoms with Crippen molar-refractivity contribution in [3.05, 3.63) is 24.3 Å². The molecule has 0 aliphatic carbocycles. The van der Waals surface area contributed by atoms with E-state index in [1.807, 2.05) is 12.1 Å². The third-order valence-corrected chi connectivity index (χ3v) is 4.66. The molecule has 0 aromatic heterocycles. The lowest BCUT2D eigenvalue weighted by molar-refractivity contribution is 0.286. The largest absolute Gasteiger partial charge is 0.399 e. The van der Waals surface area contributed by atoms with Crippen LogP contribution in [0, 0.1) is 5.41 Å². The first-order valence-electron chi connectivity index (χ1n) is 7.04. The predicted molar refractivity (Wildman–Crippen MR) is 76.8 cm³/mol. The Balaban J connectivity index is 1.70. The highest BCUT2D eigenvalue weighted by atomic mass is 15.2. The topological polar surface area (TPSA) is 32.5 Å². The van der Waals surface area contributed by atoms with Crippen molar-refractivity contribution in [2.24, 2.45) is 5.41 Å². The van der Waals surface area contributed by atoms with E-state index in [0.29, 0.717) is 5.41 Å². The standard InChI is InChI=1S/C15H23N3/c1-2-17-9-7-15(11-17)8-10-18(12-15)14-5-3-13(16)4-6-14/h3-6H,2,7-12,16H2,1H3/t15-/m0/s1. The van der Waals surface area contributed by atoms with Gasteiger partial charge in [0.05, 0.1) is 0 Å². The molecule has 2 fully saturated rings. The fourth-order valence-electron chi connectivity index (χ4n) is 3.47. The summed E-state index contributed by atoms with van der Waals surface area (Å²) in [6, 6.07) is 8.32. The summed E-state index contributed by atoms with van der Waals surface area (Å²) in [6.45, 7) is 8.45. The molecule has 18 heavy (non-hydrogen) atoms. The molecule has 0 bridgehead atoms. The Morgan fingerprint density at radius 3 is 2.50 bits per heavy atom. The molecule has 0 unspecified atom stereocenters. The van der Waals surface area contributed by atoms with Crippen LogP contribution in [0.25, 0.3) is 0 Å². The number of likely N-dealkylation sites (tertiary alicyclic amines) is 1. The molecule has 3 heteroatoms. The number of nitrogens with two attached hydrogens (primary N) is 1. The number of hydrogen-bond donors (Lipinski definition) is 1. The minimum Gasteiger partial charge on any atom is -0.399 e. The van der Waals surface area contributed by atoms with Crippen LogP contribution < -0.4 is 10.6 Å². The molecule has 1 spiro atoms. The lowest BCUT2D eigenvalue weighted by atomic mass is 9.86. The molecule has 2 saturated heterocycles. The van der Waals surface area contributed by atoms with Crippen LogP contribution in [0.1, 0.15) is 19.8 Å². The van der Waals surface area contributed by atoms with Crippen LogP contribution in [0.5, 0.6) is 0 Å². The minimum atomic E-state index is 0.553. The highest BCUT2D eigenvalue weighted by Gasteiger charge is 2.42. The highest BCUT2D eigenvalue weighted by molar-refractivity contribution is 5.54. The van der Waals surface area contributed by atoms with Gasteiger partial charge in [0, 0.05) is 36.4 Å². The fourth-order valence-corrected chi connectivity index (χ4v) is 3.47. The summed E-state index contributed by atoms with van der Waals surface area (Å²) < 4.78 is 0. The number of rotatable bonds is 2. The van der Waals surface area contributed by atoms with Gasteiger partial charge in [0.25, 0.3) is 0 Å². The fraction of sp³-hybridized carbons (Fsp3) is 0.600. The monoisotopic (exact) mass is 245 g/mol. The van der Waals surface area contributed by atoms with Gasteiger partial charge in [-0.25, -0.2) is 0 Å². The summed E-state index contributed by atoms with van der Waals surface area (Å²) in [5.41, 5.74) is 8.49. The van der Waals surface area contributed by atoms with E-state index in [4.69, 9.17) is 5.73 Å². The van der Waals surface area contributed by atoms with Gasteiger partial charge in [0.1, 0.15) is 0 Å². The summed E-state index contributed by atoms with van der Waals surface area (Å²) in [7, 11) is 0. The van der Waals surface area contributed by atoms with Crippen molar-refractivity contribution in [2.45, 2.75) is 19.8 Å². The molecule has 2 aliphatic rings. The van der Waals surface area contributed by atoms with Gasteiger partial charge in [-0.1, -0.05) is 6.92 Å². The van der Waals surface area contributed by atoms with Gasteiger partial charge in [-0.3, -0.25) is 0 Å². The summed E-state index contributed by atoms with van der Waals surface area (Å²) in [5, 5.41) is 0. The molecule has 2 N–H and O–H groups in total. The number of anilines is 2. The minimum absolute atomic E-state index is 0.553. The van der Waals surface area contributed by atoms with Crippen molar-refractivity contribution in [2.75, 3.05) is 43.4 Å². The number of nitrogen functional groups attached to an aromatic ring is 1. The third-order valence-electron chi connectivity index (χ3n) is 4.66. The molecule has 1 atom stereocenters. The van der Waals surface area contributed by atoms with E-state index < -0.39 is 0 Å². The molecule has 98 valence electrons. The highest BCUT2D eigenvalue weighted by Crippen LogP contribution is 2.40. The van der Waals surface area contributed by atoms with Gasteiger partial charge < -0.3 is 15.5 Å². The van der Waals surface area contributed by atoms with Crippen LogP contribution in [0.2, 0.25) is 0 Å². The predicted octanol–water partition coefficient (Wildman–Crippen LogP) is 2.19. The van der Waals surface area contributed by atoms with Crippen LogP contribution in [0.4, 0.5) is 11.4 Å². The maximum atomic E-state index is 5.75. The van der Waals surface area contributed by atoms with Gasteiger partial charge >= 0.3 is 0 Å². The van der Waals surface area contributed by atoms with E-state index in [1.54, 1.807) is 0 Å². The number of hydrogen-bond acceptors (Lipinski definition) is 3. The first kappa shape index (κ1) is 11.8. The Labute approximate surface area is 110 Å². The molecule has 0 amide bonds. The second-order valence-electron chi connectivity index (χ2n) is 5.88. The first-order valence-corrected chi connectivity index (χ1v) is 7.04. The summed E-state index contributed by atoms with van der Waals surface area (Å²) >= 11 is 0. The van der Waals surface area contributed by atoms with Gasteiger partial charge in [-0.05, 0) is 50.2 Å². The van der Waals surface area contributed by atoms with E-state index in [9.17, 15) is 0 Å². The molecule has 2 heterocycles. The second kappa shape index (κ2) is 4.47. The lowest BCUT2D eigenvalue weighted by Crippen LogP contribution is -2.30. The smallest absolute Gasteiger partial charge is 0.0367 e. The lowest BCUT2D eigenvalue weighted by Gasteiger charge is -2.25. The van der Waals surface area contributed by atoms with Crippen LogP contribution >= 0.6 is 0 Å². The second-order valence-corrected chi connectivity index (χ2v) is 5.88. The average molecular weight is 245 g/mol. The first-order chi connectivity index (χ1) is 8.71. The Morgan fingerprint density at radius 2 is 1.83 bits per heavy atom. The van der Waals surface area contributed by atoms with Crippen molar-refractivity contribution in [3.8, 4) is 0 Å². The Kier molecular flexibility index (Phi) is 2.94. The van der Waals surface area contributed by atoms with Gasteiger partial charge in [-0.2, -0.15) is 0 Å². The van der Waals surface area contributed by atoms with Gasteiger partial charge in [0.15, 0.2) is 0 Å². The molecule has 3 rings (SSSR count). The van der Waals surface area contributed by atoms with Crippen LogP contribution in [0.15, 0.2) is 24.3 Å². The van der Waals surface area contributed by atoms with Crippen molar-refractivity contribution >= 4 is 11.4 Å². The van der Waals surface area contributed by atoms with Crippen molar-refractivity contribution in [1.82, 2.24) is 4.90 Å². The van der Waals surface area contributed by atoms with E-state index in [0.717, 1.165) is 5.69 Å². The number of nitrogens with zero attached hydrogens (tertiary/aromatic N) is 2. The van der Waals surface area contributed by atoms with E-state index >= 15 is 0 Å². The number of benzene rings is 1.